The molecule has 0 saturated carbocycles. The monoisotopic (exact) mass is 549 g/mol. The van der Waals surface area contributed by atoms with Crippen molar-refractivity contribution in [3.63, 3.8) is 0 Å². The van der Waals surface area contributed by atoms with Crippen LogP contribution in [0.3, 0.4) is 0 Å². The number of carbonyl (C=O) groups is 2. The Morgan fingerprint density at radius 1 is 1.10 bits per heavy atom. The Hall–Kier alpha value is -4.05. The number of halogens is 1. The second-order valence-electron chi connectivity index (χ2n) is 10.7. The molecule has 5 rings (SSSR count). The fourth-order valence-corrected chi connectivity index (χ4v) is 4.73. The lowest BCUT2D eigenvalue weighted by Crippen LogP contribution is -2.42. The van der Waals surface area contributed by atoms with E-state index in [0.717, 1.165) is 34.6 Å². The number of nitrogens with one attached hydrogen (secondary N) is 4. The molecule has 39 heavy (non-hydrogen) atoms. The van der Waals surface area contributed by atoms with Gasteiger partial charge < -0.3 is 30.9 Å². The molecule has 2 aliphatic heterocycles. The minimum Gasteiger partial charge on any atom is -0.444 e. The van der Waals surface area contributed by atoms with E-state index in [-0.39, 0.29) is 12.1 Å². The largest absolute Gasteiger partial charge is 0.444 e. The third-order valence-corrected chi connectivity index (χ3v) is 6.69. The molecule has 3 aromatic rings. The zero-order valence-electron chi connectivity index (χ0n) is 22.2. The van der Waals surface area contributed by atoms with Gasteiger partial charge in [-0.2, -0.15) is 4.98 Å². The average Bonchev–Trinajstić information content (AvgIpc) is 3.33. The van der Waals surface area contributed by atoms with E-state index < -0.39 is 11.7 Å². The van der Waals surface area contributed by atoms with Crippen LogP contribution in [-0.2, 0) is 17.6 Å². The smallest absolute Gasteiger partial charge is 0.407 e. The Balaban J connectivity index is 1.33. The number of benzene rings is 2. The minimum absolute atomic E-state index is 0.158. The summed E-state index contributed by atoms with van der Waals surface area (Å²) in [5.41, 5.74) is 3.94. The molecule has 10 nitrogen and oxygen atoms in total. The van der Waals surface area contributed by atoms with E-state index in [1.54, 1.807) is 11.1 Å². The standard InChI is InChI=1S/C28H32ClN7O3/c1-28(2,3)39-27(38)33-21-11-12-36(16-21)26(37)34-23-10-9-20-14-18(23)8-7-17-5-4-6-19(13-17)32-25-30-15-22(29)24(31-20)35-25/h4-6,9-10,13-15,21H,7-8,11-12,16H2,1-3H3,(H,33,38)(H,34,37)(H2,30,31,32,35)/t21-/m1/s1. The van der Waals surface area contributed by atoms with E-state index in [1.165, 1.54) is 0 Å². The van der Waals surface area contributed by atoms with Gasteiger partial charge in [-0.05, 0) is 81.5 Å². The lowest BCUT2D eigenvalue weighted by Gasteiger charge is -2.22. The molecule has 4 N–H and O–H groups in total. The average molecular weight is 550 g/mol. The molecule has 0 radical (unpaired) electrons. The summed E-state index contributed by atoms with van der Waals surface area (Å²) in [6.07, 6.45) is 3.22. The van der Waals surface area contributed by atoms with E-state index in [9.17, 15) is 9.59 Å². The highest BCUT2D eigenvalue weighted by atomic mass is 35.5. The topological polar surface area (TPSA) is 121 Å². The number of nitrogens with zero attached hydrogens (tertiary/aromatic N) is 3. The van der Waals surface area contributed by atoms with E-state index >= 15 is 0 Å². The normalized spacial score (nSPS) is 16.5. The molecule has 1 aromatic heterocycles. The van der Waals surface area contributed by atoms with Crippen molar-refractivity contribution >= 4 is 52.6 Å². The third kappa shape index (κ3) is 6.88. The quantitative estimate of drug-likeness (QED) is 0.316. The maximum atomic E-state index is 13.2. The second-order valence-corrected chi connectivity index (χ2v) is 11.1. The number of hydrogen-bond acceptors (Lipinski definition) is 7. The summed E-state index contributed by atoms with van der Waals surface area (Å²) in [6.45, 7) is 6.41. The van der Waals surface area contributed by atoms with Crippen molar-refractivity contribution in [2.75, 3.05) is 29.0 Å². The summed E-state index contributed by atoms with van der Waals surface area (Å²) >= 11 is 6.37. The number of anilines is 5. The number of alkyl carbamates (subject to hydrolysis) is 1. The minimum atomic E-state index is -0.576. The molecule has 1 fully saturated rings. The highest BCUT2D eigenvalue weighted by Crippen LogP contribution is 2.30. The molecule has 0 spiro atoms. The van der Waals surface area contributed by atoms with Crippen molar-refractivity contribution in [2.24, 2.45) is 0 Å². The Bertz CT molecular complexity index is 1390. The molecule has 11 heteroatoms. The number of amides is 3. The summed E-state index contributed by atoms with van der Waals surface area (Å²) < 4.78 is 5.35. The van der Waals surface area contributed by atoms with Crippen LogP contribution < -0.4 is 21.3 Å². The predicted octanol–water partition coefficient (Wildman–Crippen LogP) is 5.85. The number of urea groups is 1. The van der Waals surface area contributed by atoms with Gasteiger partial charge in [0.15, 0.2) is 5.82 Å². The van der Waals surface area contributed by atoms with Crippen molar-refractivity contribution in [1.82, 2.24) is 20.2 Å². The van der Waals surface area contributed by atoms with Crippen LogP contribution in [0.25, 0.3) is 0 Å². The summed E-state index contributed by atoms with van der Waals surface area (Å²) in [4.78, 5) is 35.9. The summed E-state index contributed by atoms with van der Waals surface area (Å²) in [6, 6.07) is 13.5. The lowest BCUT2D eigenvalue weighted by molar-refractivity contribution is 0.0506. The van der Waals surface area contributed by atoms with Crippen molar-refractivity contribution in [2.45, 2.75) is 51.7 Å². The van der Waals surface area contributed by atoms with Gasteiger partial charge in [0, 0.05) is 30.2 Å². The Morgan fingerprint density at radius 3 is 2.74 bits per heavy atom. The van der Waals surface area contributed by atoms with Gasteiger partial charge in [0.05, 0.1) is 12.2 Å². The van der Waals surface area contributed by atoms with Crippen LogP contribution >= 0.6 is 11.6 Å². The number of ether oxygens (including phenoxy) is 1. The van der Waals surface area contributed by atoms with E-state index in [0.29, 0.717) is 42.7 Å². The lowest BCUT2D eigenvalue weighted by atomic mass is 10.0. The highest BCUT2D eigenvalue weighted by molar-refractivity contribution is 6.32. The first-order valence-electron chi connectivity index (χ1n) is 13.0. The van der Waals surface area contributed by atoms with Crippen molar-refractivity contribution < 1.29 is 14.3 Å². The van der Waals surface area contributed by atoms with E-state index in [4.69, 9.17) is 16.3 Å². The third-order valence-electron chi connectivity index (χ3n) is 6.42. The van der Waals surface area contributed by atoms with Gasteiger partial charge in [-0.1, -0.05) is 23.7 Å². The number of aromatic nitrogens is 2. The molecular formula is C28H32ClN7O3. The van der Waals surface area contributed by atoms with Gasteiger partial charge in [0.2, 0.25) is 5.95 Å². The molecule has 0 unspecified atom stereocenters. The van der Waals surface area contributed by atoms with Crippen LogP contribution in [0, 0.1) is 0 Å². The molecule has 2 aliphatic rings. The van der Waals surface area contributed by atoms with Crippen molar-refractivity contribution in [3.8, 4) is 0 Å². The number of carbonyl (C=O) groups excluding carboxylic acids is 2. The number of likely N-dealkylation sites (tertiary alicyclic amines) is 1. The first kappa shape index (κ1) is 26.6. The molecule has 0 aliphatic carbocycles. The van der Waals surface area contributed by atoms with Gasteiger partial charge in [0.25, 0.3) is 0 Å². The van der Waals surface area contributed by atoms with Gasteiger partial charge in [0.1, 0.15) is 10.6 Å². The number of aryl methyl sites for hydroxylation is 2. The molecular weight excluding hydrogens is 518 g/mol. The van der Waals surface area contributed by atoms with E-state index in [1.807, 2.05) is 51.1 Å². The fourth-order valence-electron chi connectivity index (χ4n) is 4.60. The van der Waals surface area contributed by atoms with Crippen LogP contribution in [0.15, 0.2) is 48.7 Å². The van der Waals surface area contributed by atoms with Crippen LogP contribution in [0.2, 0.25) is 5.02 Å². The Kier molecular flexibility index (Phi) is 7.47. The number of hydrogen-bond donors (Lipinski definition) is 4. The van der Waals surface area contributed by atoms with E-state index in [2.05, 4.69) is 43.4 Å². The summed E-state index contributed by atoms with van der Waals surface area (Å²) in [5, 5.41) is 12.8. The fraction of sp³-hybridized carbons (Fsp3) is 0.357. The van der Waals surface area contributed by atoms with Crippen LogP contribution in [0.5, 0.6) is 0 Å². The Morgan fingerprint density at radius 2 is 1.92 bits per heavy atom. The maximum absolute atomic E-state index is 13.2. The van der Waals surface area contributed by atoms with Crippen LogP contribution in [-0.4, -0.2) is 51.7 Å². The summed E-state index contributed by atoms with van der Waals surface area (Å²) in [7, 11) is 0. The SMILES string of the molecule is CC(C)(C)OC(=O)N[C@@H]1CCN(C(=O)Nc2ccc3cc2CCc2cccc(c2)Nc2ncc(Cl)c(n2)N3)C1. The summed E-state index contributed by atoms with van der Waals surface area (Å²) in [5.74, 6) is 0.917. The van der Waals surface area contributed by atoms with Crippen LogP contribution in [0.1, 0.15) is 38.3 Å². The molecule has 1 saturated heterocycles. The molecule has 1 atom stereocenters. The molecule has 3 heterocycles. The first-order chi connectivity index (χ1) is 18.6. The van der Waals surface area contributed by atoms with Gasteiger partial charge in [-0.25, -0.2) is 14.6 Å². The van der Waals surface area contributed by atoms with Gasteiger partial charge in [-0.15, -0.1) is 0 Å². The number of rotatable bonds is 2. The van der Waals surface area contributed by atoms with Gasteiger partial charge >= 0.3 is 12.1 Å². The van der Waals surface area contributed by atoms with Gasteiger partial charge in [-0.3, -0.25) is 0 Å². The molecule has 204 valence electrons. The molecule has 3 amide bonds. The molecule has 2 aromatic carbocycles. The number of fused-ring (bicyclic) bond motifs is 6. The molecule has 6 bridgehead atoms. The highest BCUT2D eigenvalue weighted by Gasteiger charge is 2.29. The maximum Gasteiger partial charge on any atom is 0.407 e. The Labute approximate surface area is 232 Å². The zero-order chi connectivity index (χ0) is 27.6. The second kappa shape index (κ2) is 11.0. The van der Waals surface area contributed by atoms with Crippen molar-refractivity contribution in [3.05, 3.63) is 64.8 Å². The first-order valence-corrected chi connectivity index (χ1v) is 13.3. The van der Waals surface area contributed by atoms with Crippen molar-refractivity contribution in [1.29, 1.82) is 0 Å². The predicted molar refractivity (Wildman–Crippen MR) is 152 cm³/mol. The van der Waals surface area contributed by atoms with Crippen LogP contribution in [0.4, 0.5) is 38.4 Å². The zero-order valence-corrected chi connectivity index (χ0v) is 22.9.